The molecule has 31 heavy (non-hydrogen) atoms. The lowest BCUT2D eigenvalue weighted by Crippen LogP contribution is -2.31. The van der Waals surface area contributed by atoms with Gasteiger partial charge in [-0.3, -0.25) is 4.79 Å². The number of anilines is 2. The molecule has 0 saturated heterocycles. The Hall–Kier alpha value is -3.66. The maximum atomic E-state index is 13.1. The van der Waals surface area contributed by atoms with E-state index in [2.05, 4.69) is 34.5 Å². The van der Waals surface area contributed by atoms with Crippen molar-refractivity contribution >= 4 is 28.3 Å². The summed E-state index contributed by atoms with van der Waals surface area (Å²) in [7, 11) is 0. The van der Waals surface area contributed by atoms with Gasteiger partial charge in [0.2, 0.25) is 0 Å². The Morgan fingerprint density at radius 2 is 1.55 bits per heavy atom. The van der Waals surface area contributed by atoms with E-state index >= 15 is 0 Å². The van der Waals surface area contributed by atoms with Crippen molar-refractivity contribution in [2.24, 2.45) is 0 Å². The Morgan fingerprint density at radius 3 is 2.35 bits per heavy atom. The Kier molecular flexibility index (Phi) is 6.27. The number of nitrogens with zero attached hydrogens (tertiary/aromatic N) is 2. The van der Waals surface area contributed by atoms with Crippen LogP contribution < -0.4 is 10.2 Å². The molecule has 0 unspecified atom stereocenters. The number of para-hydroxylation sites is 2. The van der Waals surface area contributed by atoms with Gasteiger partial charge >= 0.3 is 0 Å². The fraction of sp³-hybridized carbons (Fsp3) is 0.185. The number of nitrogens with one attached hydrogen (secondary N) is 1. The van der Waals surface area contributed by atoms with Crippen LogP contribution in [0.4, 0.5) is 11.5 Å². The second kappa shape index (κ2) is 9.43. The van der Waals surface area contributed by atoms with Crippen molar-refractivity contribution < 1.29 is 4.79 Å². The molecular weight excluding hydrogens is 382 g/mol. The molecule has 0 radical (unpaired) electrons. The summed E-state index contributed by atoms with van der Waals surface area (Å²) in [5.74, 6) is 0.727. The Bertz CT molecular complexity index is 1190. The van der Waals surface area contributed by atoms with Gasteiger partial charge in [0.1, 0.15) is 5.82 Å². The minimum Gasteiger partial charge on any atom is -0.352 e. The summed E-state index contributed by atoms with van der Waals surface area (Å²) < 4.78 is 0. The first-order valence-electron chi connectivity index (χ1n) is 10.9. The lowest BCUT2D eigenvalue weighted by Gasteiger charge is -2.30. The number of aromatic nitrogens is 1. The fourth-order valence-corrected chi connectivity index (χ4v) is 3.92. The molecule has 0 fully saturated rings. The van der Waals surface area contributed by atoms with Crippen molar-refractivity contribution in [2.45, 2.75) is 26.8 Å². The number of pyridine rings is 1. The second-order valence-electron chi connectivity index (χ2n) is 7.31. The summed E-state index contributed by atoms with van der Waals surface area (Å²) in [5, 5.41) is 3.87. The summed E-state index contributed by atoms with van der Waals surface area (Å²) in [6.07, 6.45) is 0.982. The van der Waals surface area contributed by atoms with Crippen LogP contribution in [0, 0.1) is 0 Å². The van der Waals surface area contributed by atoms with Crippen LogP contribution in [0.15, 0.2) is 84.9 Å². The molecule has 1 amide bonds. The zero-order valence-electron chi connectivity index (χ0n) is 18.0. The topological polar surface area (TPSA) is 45.2 Å². The number of amides is 1. The van der Waals surface area contributed by atoms with Crippen LogP contribution in [0.5, 0.6) is 0 Å². The Morgan fingerprint density at radius 1 is 0.871 bits per heavy atom. The molecule has 1 aliphatic rings. The Balaban J connectivity index is 0.00000112. The molecule has 0 atom stereocenters. The van der Waals surface area contributed by atoms with E-state index in [0.717, 1.165) is 41.9 Å². The highest BCUT2D eigenvalue weighted by molar-refractivity contribution is 6.13. The maximum absolute atomic E-state index is 13.1. The maximum Gasteiger partial charge on any atom is 0.256 e. The molecule has 1 aromatic heterocycles. The monoisotopic (exact) mass is 409 g/mol. The van der Waals surface area contributed by atoms with E-state index in [-0.39, 0.29) is 5.91 Å². The van der Waals surface area contributed by atoms with E-state index in [1.165, 1.54) is 11.1 Å². The van der Waals surface area contributed by atoms with Crippen molar-refractivity contribution in [3.63, 3.8) is 0 Å². The van der Waals surface area contributed by atoms with E-state index in [1.807, 2.05) is 74.5 Å². The molecular formula is C27H27N3O. The van der Waals surface area contributed by atoms with Crippen molar-refractivity contribution in [3.05, 3.63) is 102 Å². The van der Waals surface area contributed by atoms with E-state index in [9.17, 15) is 4.79 Å². The van der Waals surface area contributed by atoms with Crippen LogP contribution >= 0.6 is 0 Å². The molecule has 0 spiro atoms. The number of carbonyl (C=O) groups excluding carboxylic acids is 1. The van der Waals surface area contributed by atoms with Gasteiger partial charge in [0, 0.05) is 24.2 Å². The fourth-order valence-electron chi connectivity index (χ4n) is 3.92. The van der Waals surface area contributed by atoms with Gasteiger partial charge in [0.15, 0.2) is 0 Å². The molecule has 0 saturated carbocycles. The molecule has 4 aromatic rings. The van der Waals surface area contributed by atoms with Gasteiger partial charge in [-0.05, 0) is 41.8 Å². The number of hydrogen-bond donors (Lipinski definition) is 1. The lowest BCUT2D eigenvalue weighted by atomic mass is 9.99. The van der Waals surface area contributed by atoms with Crippen LogP contribution in [-0.2, 0) is 13.0 Å². The summed E-state index contributed by atoms with van der Waals surface area (Å²) in [6.45, 7) is 5.70. The van der Waals surface area contributed by atoms with Gasteiger partial charge in [0.25, 0.3) is 5.91 Å². The third-order valence-electron chi connectivity index (χ3n) is 5.43. The zero-order valence-corrected chi connectivity index (χ0v) is 18.0. The van der Waals surface area contributed by atoms with Gasteiger partial charge in [-0.2, -0.15) is 0 Å². The van der Waals surface area contributed by atoms with Crippen LogP contribution in [0.1, 0.15) is 35.3 Å². The molecule has 156 valence electrons. The van der Waals surface area contributed by atoms with Crippen molar-refractivity contribution in [3.8, 4) is 0 Å². The number of hydrogen-bond acceptors (Lipinski definition) is 3. The quantitative estimate of drug-likeness (QED) is 0.446. The molecule has 4 nitrogen and oxygen atoms in total. The summed E-state index contributed by atoms with van der Waals surface area (Å²) in [6, 6.07) is 27.8. The molecule has 0 bridgehead atoms. The standard InChI is InChI=1S/C25H21N3O.C2H6/c29-25(26-20-10-2-1-3-11-20)22-16-24(27-23-13-7-6-12-21(22)23)28-15-14-18-8-4-5-9-19(18)17-28;1-2/h1-13,16H,14-15,17H2,(H,26,29);1-2H3. The van der Waals surface area contributed by atoms with Gasteiger partial charge in [-0.1, -0.05) is 74.5 Å². The first-order valence-corrected chi connectivity index (χ1v) is 10.9. The molecule has 5 rings (SSSR count). The van der Waals surface area contributed by atoms with Gasteiger partial charge in [-0.25, -0.2) is 4.98 Å². The highest BCUT2D eigenvalue weighted by Crippen LogP contribution is 2.28. The number of rotatable bonds is 3. The van der Waals surface area contributed by atoms with E-state index < -0.39 is 0 Å². The van der Waals surface area contributed by atoms with Crippen LogP contribution in [0.3, 0.4) is 0 Å². The summed E-state index contributed by atoms with van der Waals surface area (Å²) in [5.41, 5.74) is 4.98. The molecule has 1 aliphatic heterocycles. The SMILES string of the molecule is CC.O=C(Nc1ccccc1)c1cc(N2CCc3ccccc3C2)nc2ccccc12. The van der Waals surface area contributed by atoms with Crippen molar-refractivity contribution in [1.29, 1.82) is 0 Å². The highest BCUT2D eigenvalue weighted by Gasteiger charge is 2.20. The average Bonchev–Trinajstić information content (AvgIpc) is 2.85. The predicted molar refractivity (Wildman–Crippen MR) is 129 cm³/mol. The largest absolute Gasteiger partial charge is 0.352 e. The van der Waals surface area contributed by atoms with E-state index in [1.54, 1.807) is 0 Å². The average molecular weight is 410 g/mol. The molecule has 2 heterocycles. The highest BCUT2D eigenvalue weighted by atomic mass is 16.1. The van der Waals surface area contributed by atoms with Gasteiger partial charge in [-0.15, -0.1) is 0 Å². The molecule has 3 aromatic carbocycles. The molecule has 0 aliphatic carbocycles. The van der Waals surface area contributed by atoms with Crippen molar-refractivity contribution in [1.82, 2.24) is 4.98 Å². The third-order valence-corrected chi connectivity index (χ3v) is 5.43. The van der Waals surface area contributed by atoms with E-state index in [4.69, 9.17) is 4.98 Å². The molecule has 4 heteroatoms. The second-order valence-corrected chi connectivity index (χ2v) is 7.31. The lowest BCUT2D eigenvalue weighted by molar-refractivity contribution is 0.102. The minimum atomic E-state index is -0.117. The van der Waals surface area contributed by atoms with Gasteiger partial charge in [0.05, 0.1) is 11.1 Å². The Labute approximate surface area is 183 Å². The van der Waals surface area contributed by atoms with Crippen LogP contribution in [0.2, 0.25) is 0 Å². The predicted octanol–water partition coefficient (Wildman–Crippen LogP) is 6.08. The normalized spacial score (nSPS) is 12.5. The first kappa shape index (κ1) is 20.6. The number of fused-ring (bicyclic) bond motifs is 2. The molecule has 1 N–H and O–H groups in total. The van der Waals surface area contributed by atoms with Crippen molar-refractivity contribution in [2.75, 3.05) is 16.8 Å². The third kappa shape index (κ3) is 4.43. The zero-order chi connectivity index (χ0) is 21.6. The van der Waals surface area contributed by atoms with E-state index in [0.29, 0.717) is 5.56 Å². The minimum absolute atomic E-state index is 0.117. The van der Waals surface area contributed by atoms with Crippen LogP contribution in [0.25, 0.3) is 10.9 Å². The smallest absolute Gasteiger partial charge is 0.256 e. The summed E-state index contributed by atoms with van der Waals surface area (Å²) >= 11 is 0. The van der Waals surface area contributed by atoms with Crippen LogP contribution in [-0.4, -0.2) is 17.4 Å². The number of benzene rings is 3. The number of carbonyl (C=O) groups is 1. The first-order chi connectivity index (χ1) is 15.3. The summed E-state index contributed by atoms with van der Waals surface area (Å²) in [4.78, 5) is 20.2. The van der Waals surface area contributed by atoms with Gasteiger partial charge < -0.3 is 10.2 Å².